The first-order valence-corrected chi connectivity index (χ1v) is 8.60. The van der Waals surface area contributed by atoms with Crippen molar-refractivity contribution in [3.8, 4) is 11.3 Å². The molecule has 26 heavy (non-hydrogen) atoms. The lowest BCUT2D eigenvalue weighted by Crippen LogP contribution is -2.30. The van der Waals surface area contributed by atoms with Gasteiger partial charge in [-0.2, -0.15) is 0 Å². The highest BCUT2D eigenvalue weighted by molar-refractivity contribution is 5.95. The zero-order valence-corrected chi connectivity index (χ0v) is 15.2. The largest absolute Gasteiger partial charge is 0.350 e. The van der Waals surface area contributed by atoms with Crippen LogP contribution in [0.25, 0.3) is 11.3 Å². The Labute approximate surface area is 153 Å². The van der Waals surface area contributed by atoms with Crippen molar-refractivity contribution in [2.24, 2.45) is 0 Å². The van der Waals surface area contributed by atoms with Crippen molar-refractivity contribution >= 4 is 17.4 Å². The van der Waals surface area contributed by atoms with E-state index in [-0.39, 0.29) is 11.9 Å². The van der Waals surface area contributed by atoms with E-state index in [0.29, 0.717) is 11.4 Å². The molecule has 0 aliphatic carbocycles. The van der Waals surface area contributed by atoms with Crippen LogP contribution in [0.5, 0.6) is 0 Å². The number of benzene rings is 2. The Bertz CT molecular complexity index is 904. The summed E-state index contributed by atoms with van der Waals surface area (Å²) in [6.45, 7) is 5.92. The topological polar surface area (TPSA) is 66.9 Å². The zero-order chi connectivity index (χ0) is 18.5. The maximum Gasteiger partial charge on any atom is 0.251 e. The normalized spacial score (nSPS) is 10.6. The Morgan fingerprint density at radius 3 is 2.46 bits per heavy atom. The molecule has 1 aromatic heterocycles. The number of rotatable bonds is 5. The quantitative estimate of drug-likeness (QED) is 0.721. The van der Waals surface area contributed by atoms with Crippen LogP contribution in [0.1, 0.15) is 29.8 Å². The molecule has 0 radical (unpaired) electrons. The number of nitrogens with one attached hydrogen (secondary N) is 2. The molecule has 0 spiro atoms. The van der Waals surface area contributed by atoms with E-state index in [9.17, 15) is 4.79 Å². The maximum absolute atomic E-state index is 12.1. The van der Waals surface area contributed by atoms with Crippen LogP contribution in [-0.4, -0.2) is 22.1 Å². The molecule has 0 bridgehead atoms. The Balaban J connectivity index is 1.74. The summed E-state index contributed by atoms with van der Waals surface area (Å²) >= 11 is 0. The lowest BCUT2D eigenvalue weighted by Gasteiger charge is -2.10. The predicted molar refractivity (Wildman–Crippen MR) is 105 cm³/mol. The van der Waals surface area contributed by atoms with E-state index in [1.165, 1.54) is 5.56 Å². The van der Waals surface area contributed by atoms with Crippen molar-refractivity contribution < 1.29 is 4.79 Å². The molecule has 3 aromatic rings. The minimum Gasteiger partial charge on any atom is -0.350 e. The van der Waals surface area contributed by atoms with Gasteiger partial charge in [0.2, 0.25) is 0 Å². The fraction of sp³-hybridized carbons (Fsp3) is 0.190. The Morgan fingerprint density at radius 2 is 1.77 bits per heavy atom. The average Bonchev–Trinajstić information content (AvgIpc) is 2.62. The molecular weight excluding hydrogens is 324 g/mol. The van der Waals surface area contributed by atoms with Gasteiger partial charge >= 0.3 is 0 Å². The molecule has 5 heteroatoms. The van der Waals surface area contributed by atoms with Crippen LogP contribution in [0, 0.1) is 6.92 Å². The van der Waals surface area contributed by atoms with E-state index >= 15 is 0 Å². The fourth-order valence-electron chi connectivity index (χ4n) is 2.59. The van der Waals surface area contributed by atoms with Gasteiger partial charge in [-0.15, -0.1) is 10.2 Å². The van der Waals surface area contributed by atoms with Crippen LogP contribution >= 0.6 is 0 Å². The summed E-state index contributed by atoms with van der Waals surface area (Å²) in [5.74, 6) is 0.535. The van der Waals surface area contributed by atoms with Crippen LogP contribution < -0.4 is 10.6 Å². The second-order valence-electron chi connectivity index (χ2n) is 6.51. The molecule has 1 amide bonds. The van der Waals surface area contributed by atoms with Gasteiger partial charge in [-0.25, -0.2) is 0 Å². The van der Waals surface area contributed by atoms with Crippen LogP contribution in [0.15, 0.2) is 60.7 Å². The van der Waals surface area contributed by atoms with Gasteiger partial charge in [0.15, 0.2) is 5.82 Å². The Kier molecular flexibility index (Phi) is 5.27. The van der Waals surface area contributed by atoms with Crippen molar-refractivity contribution in [3.05, 3.63) is 71.8 Å². The summed E-state index contributed by atoms with van der Waals surface area (Å²) < 4.78 is 0. The number of hydrogen-bond acceptors (Lipinski definition) is 4. The summed E-state index contributed by atoms with van der Waals surface area (Å²) in [6.07, 6.45) is 0. The lowest BCUT2D eigenvalue weighted by atomic mass is 10.1. The predicted octanol–water partition coefficient (Wildman–Crippen LogP) is 4.33. The first-order chi connectivity index (χ1) is 12.5. The van der Waals surface area contributed by atoms with Gasteiger partial charge in [0.1, 0.15) is 0 Å². The van der Waals surface area contributed by atoms with Gasteiger partial charge in [-0.05, 0) is 57.2 Å². The summed E-state index contributed by atoms with van der Waals surface area (Å²) in [5.41, 5.74) is 4.44. The van der Waals surface area contributed by atoms with Crippen LogP contribution in [-0.2, 0) is 0 Å². The molecule has 2 aromatic carbocycles. The van der Waals surface area contributed by atoms with Crippen LogP contribution in [0.3, 0.4) is 0 Å². The first-order valence-electron chi connectivity index (χ1n) is 8.60. The number of carbonyl (C=O) groups is 1. The molecule has 5 nitrogen and oxygen atoms in total. The van der Waals surface area contributed by atoms with Gasteiger partial charge in [0.25, 0.3) is 5.91 Å². The van der Waals surface area contributed by atoms with E-state index < -0.39 is 0 Å². The highest BCUT2D eigenvalue weighted by Gasteiger charge is 2.08. The standard InChI is InChI=1S/C21H22N4O/c1-14(2)22-21(26)17-8-5-9-18(13-17)23-20-11-10-19(24-25-20)16-7-4-6-15(3)12-16/h4-14H,1-3H3,(H,22,26)(H,23,25). The molecule has 0 saturated heterocycles. The van der Waals surface area contributed by atoms with Crippen LogP contribution in [0.2, 0.25) is 0 Å². The van der Waals surface area contributed by atoms with Gasteiger partial charge in [-0.1, -0.05) is 29.8 Å². The smallest absolute Gasteiger partial charge is 0.251 e. The number of aromatic nitrogens is 2. The van der Waals surface area contributed by atoms with E-state index in [2.05, 4.69) is 39.9 Å². The van der Waals surface area contributed by atoms with Crippen molar-refractivity contribution in [3.63, 3.8) is 0 Å². The highest BCUT2D eigenvalue weighted by atomic mass is 16.1. The third-order valence-electron chi connectivity index (χ3n) is 3.80. The fourth-order valence-corrected chi connectivity index (χ4v) is 2.59. The molecule has 1 heterocycles. The number of amides is 1. The third-order valence-corrected chi connectivity index (χ3v) is 3.80. The van der Waals surface area contributed by atoms with Gasteiger partial charge in [-0.3, -0.25) is 4.79 Å². The summed E-state index contributed by atoms with van der Waals surface area (Å²) in [5, 5.41) is 14.6. The molecule has 0 saturated carbocycles. The molecule has 132 valence electrons. The van der Waals surface area contributed by atoms with E-state index in [0.717, 1.165) is 16.9 Å². The number of hydrogen-bond donors (Lipinski definition) is 2. The molecule has 0 atom stereocenters. The third kappa shape index (κ3) is 4.45. The molecule has 0 aliphatic heterocycles. The monoisotopic (exact) mass is 346 g/mol. The second-order valence-corrected chi connectivity index (χ2v) is 6.51. The lowest BCUT2D eigenvalue weighted by molar-refractivity contribution is 0.0943. The van der Waals surface area contributed by atoms with Crippen molar-refractivity contribution in [2.45, 2.75) is 26.8 Å². The molecule has 0 fully saturated rings. The van der Waals surface area contributed by atoms with Crippen molar-refractivity contribution in [1.29, 1.82) is 0 Å². The Hall–Kier alpha value is -3.21. The molecule has 0 unspecified atom stereocenters. The van der Waals surface area contributed by atoms with E-state index in [4.69, 9.17) is 0 Å². The van der Waals surface area contributed by atoms with Gasteiger partial charge in [0.05, 0.1) is 5.69 Å². The van der Waals surface area contributed by atoms with Crippen LogP contribution in [0.4, 0.5) is 11.5 Å². The minimum atomic E-state index is -0.0930. The van der Waals surface area contributed by atoms with Gasteiger partial charge < -0.3 is 10.6 Å². The molecule has 2 N–H and O–H groups in total. The Morgan fingerprint density at radius 1 is 0.962 bits per heavy atom. The number of aryl methyl sites for hydroxylation is 1. The van der Waals surface area contributed by atoms with E-state index in [1.54, 1.807) is 12.1 Å². The summed E-state index contributed by atoms with van der Waals surface area (Å²) in [4.78, 5) is 12.1. The number of carbonyl (C=O) groups excluding carboxylic acids is 1. The molecular formula is C21H22N4O. The number of nitrogens with zero attached hydrogens (tertiary/aromatic N) is 2. The van der Waals surface area contributed by atoms with E-state index in [1.807, 2.05) is 50.2 Å². The first kappa shape index (κ1) is 17.6. The minimum absolute atomic E-state index is 0.0930. The van der Waals surface area contributed by atoms with Crippen molar-refractivity contribution in [1.82, 2.24) is 15.5 Å². The van der Waals surface area contributed by atoms with Crippen molar-refractivity contribution in [2.75, 3.05) is 5.32 Å². The summed E-state index contributed by atoms with van der Waals surface area (Å²) in [6, 6.07) is 19.4. The SMILES string of the molecule is Cc1cccc(-c2ccc(Nc3cccc(C(=O)NC(C)C)c3)nn2)c1. The second kappa shape index (κ2) is 7.78. The molecule has 3 rings (SSSR count). The van der Waals surface area contributed by atoms with Gasteiger partial charge in [0, 0.05) is 22.9 Å². The average molecular weight is 346 g/mol. The molecule has 0 aliphatic rings. The maximum atomic E-state index is 12.1. The number of anilines is 2. The summed E-state index contributed by atoms with van der Waals surface area (Å²) in [7, 11) is 0. The zero-order valence-electron chi connectivity index (χ0n) is 15.2. The highest BCUT2D eigenvalue weighted by Crippen LogP contribution is 2.20.